The van der Waals surface area contributed by atoms with E-state index in [0.29, 0.717) is 11.4 Å². The minimum Gasteiger partial charge on any atom is -0.317 e. The van der Waals surface area contributed by atoms with E-state index < -0.39 is 22.8 Å². The fraction of sp³-hybridized carbons (Fsp3) is 0.0556. The van der Waals surface area contributed by atoms with E-state index in [4.69, 9.17) is 0 Å². The van der Waals surface area contributed by atoms with Gasteiger partial charge in [0.15, 0.2) is 0 Å². The summed E-state index contributed by atoms with van der Waals surface area (Å²) < 4.78 is 1.59. The number of barbiturate groups is 1. The van der Waals surface area contributed by atoms with Crippen molar-refractivity contribution in [1.29, 1.82) is 0 Å². The standard InChI is InChI=1S/C18H14N4O5/c1-2-8-21-17(24)15(16(23)19-18(21)25)11-13-7-4-9-20(13)12-5-3-6-14(10-12)22(26)27/h2-7,9-11H,1,8H2,(H,19,23,25). The van der Waals surface area contributed by atoms with Crippen molar-refractivity contribution < 1.29 is 19.3 Å². The third kappa shape index (κ3) is 3.38. The van der Waals surface area contributed by atoms with Gasteiger partial charge in [-0.15, -0.1) is 6.58 Å². The Labute approximate surface area is 153 Å². The van der Waals surface area contributed by atoms with Crippen LogP contribution in [0.5, 0.6) is 0 Å². The summed E-state index contributed by atoms with van der Waals surface area (Å²) in [5, 5.41) is 13.1. The predicted molar refractivity (Wildman–Crippen MR) is 95.8 cm³/mol. The highest BCUT2D eigenvalue weighted by atomic mass is 16.6. The van der Waals surface area contributed by atoms with Crippen LogP contribution in [0.2, 0.25) is 0 Å². The van der Waals surface area contributed by atoms with Gasteiger partial charge in [0, 0.05) is 30.6 Å². The summed E-state index contributed by atoms with van der Waals surface area (Å²) in [5.74, 6) is -1.55. The number of carbonyl (C=O) groups excluding carboxylic acids is 3. The molecule has 9 nitrogen and oxygen atoms in total. The summed E-state index contributed by atoms with van der Waals surface area (Å²) >= 11 is 0. The average Bonchev–Trinajstić information content (AvgIpc) is 3.10. The maximum atomic E-state index is 12.5. The lowest BCUT2D eigenvalue weighted by molar-refractivity contribution is -0.384. The lowest BCUT2D eigenvalue weighted by atomic mass is 10.1. The van der Waals surface area contributed by atoms with Crippen LogP contribution in [0.4, 0.5) is 10.5 Å². The van der Waals surface area contributed by atoms with Crippen molar-refractivity contribution in [2.75, 3.05) is 6.54 Å². The van der Waals surface area contributed by atoms with Crippen molar-refractivity contribution in [3.05, 3.63) is 76.6 Å². The van der Waals surface area contributed by atoms with Gasteiger partial charge in [-0.1, -0.05) is 12.1 Å². The lowest BCUT2D eigenvalue weighted by Gasteiger charge is -2.25. The fourth-order valence-electron chi connectivity index (χ4n) is 2.64. The molecule has 27 heavy (non-hydrogen) atoms. The van der Waals surface area contributed by atoms with Gasteiger partial charge in [-0.25, -0.2) is 4.79 Å². The second-order valence-corrected chi connectivity index (χ2v) is 5.60. The maximum Gasteiger partial charge on any atom is 0.331 e. The topological polar surface area (TPSA) is 115 Å². The number of urea groups is 1. The van der Waals surface area contributed by atoms with E-state index in [9.17, 15) is 24.5 Å². The minimum atomic E-state index is -0.809. The van der Waals surface area contributed by atoms with Crippen LogP contribution in [0.1, 0.15) is 5.69 Å². The normalized spacial score (nSPS) is 15.8. The van der Waals surface area contributed by atoms with E-state index in [1.54, 1.807) is 29.0 Å². The first-order valence-corrected chi connectivity index (χ1v) is 7.84. The highest BCUT2D eigenvalue weighted by molar-refractivity contribution is 6.31. The molecule has 1 aliphatic heterocycles. The Bertz CT molecular complexity index is 1000. The van der Waals surface area contributed by atoms with Crippen molar-refractivity contribution in [2.45, 2.75) is 0 Å². The Balaban J connectivity index is 2.02. The zero-order chi connectivity index (χ0) is 19.6. The number of rotatable bonds is 5. The molecule has 0 radical (unpaired) electrons. The molecule has 0 spiro atoms. The molecule has 1 aromatic heterocycles. The Morgan fingerprint density at radius 2 is 1.96 bits per heavy atom. The molecule has 2 aromatic rings. The third-order valence-electron chi connectivity index (χ3n) is 3.89. The number of benzene rings is 1. The molecule has 0 aliphatic carbocycles. The van der Waals surface area contributed by atoms with E-state index in [-0.39, 0.29) is 17.8 Å². The summed E-state index contributed by atoms with van der Waals surface area (Å²) in [7, 11) is 0. The largest absolute Gasteiger partial charge is 0.331 e. The van der Waals surface area contributed by atoms with Gasteiger partial charge in [-0.2, -0.15) is 0 Å². The fourth-order valence-corrected chi connectivity index (χ4v) is 2.64. The monoisotopic (exact) mass is 366 g/mol. The van der Waals surface area contributed by atoms with Crippen LogP contribution in [0, 0.1) is 10.1 Å². The molecule has 0 atom stereocenters. The number of hydrogen-bond acceptors (Lipinski definition) is 5. The van der Waals surface area contributed by atoms with E-state index in [0.717, 1.165) is 4.90 Å². The van der Waals surface area contributed by atoms with Gasteiger partial charge in [0.2, 0.25) is 0 Å². The molecule has 0 bridgehead atoms. The van der Waals surface area contributed by atoms with Crippen LogP contribution >= 0.6 is 0 Å². The third-order valence-corrected chi connectivity index (χ3v) is 3.89. The number of nitro benzene ring substituents is 1. The Morgan fingerprint density at radius 1 is 1.19 bits per heavy atom. The molecular weight excluding hydrogens is 352 g/mol. The first kappa shape index (κ1) is 17.8. The smallest absolute Gasteiger partial charge is 0.317 e. The quantitative estimate of drug-likeness (QED) is 0.286. The average molecular weight is 366 g/mol. The van der Waals surface area contributed by atoms with Gasteiger partial charge < -0.3 is 4.57 Å². The summed E-state index contributed by atoms with van der Waals surface area (Å²) in [5.41, 5.74) is 0.626. The van der Waals surface area contributed by atoms with Crippen LogP contribution in [0.3, 0.4) is 0 Å². The Kier molecular flexibility index (Phi) is 4.67. The Hall–Kier alpha value is -4.01. The molecule has 0 unspecified atom stereocenters. The molecule has 3 rings (SSSR count). The first-order chi connectivity index (χ1) is 12.9. The predicted octanol–water partition coefficient (Wildman–Crippen LogP) is 2.03. The molecule has 9 heteroatoms. The second-order valence-electron chi connectivity index (χ2n) is 5.60. The Morgan fingerprint density at radius 3 is 2.67 bits per heavy atom. The van der Waals surface area contributed by atoms with E-state index >= 15 is 0 Å². The van der Waals surface area contributed by atoms with Crippen LogP contribution in [-0.4, -0.2) is 38.8 Å². The molecular formula is C18H14N4O5. The van der Waals surface area contributed by atoms with Gasteiger partial charge in [-0.3, -0.25) is 29.9 Å². The number of imide groups is 2. The molecule has 1 aliphatic rings. The maximum absolute atomic E-state index is 12.5. The zero-order valence-electron chi connectivity index (χ0n) is 14.0. The van der Waals surface area contributed by atoms with Gasteiger partial charge in [0.25, 0.3) is 17.5 Å². The van der Waals surface area contributed by atoms with Crippen LogP contribution in [0.15, 0.2) is 60.8 Å². The number of non-ortho nitro benzene ring substituents is 1. The molecule has 136 valence electrons. The van der Waals surface area contributed by atoms with Gasteiger partial charge >= 0.3 is 6.03 Å². The number of nitro groups is 1. The second kappa shape index (κ2) is 7.08. The van der Waals surface area contributed by atoms with E-state index in [1.807, 2.05) is 0 Å². The highest BCUT2D eigenvalue weighted by Gasteiger charge is 2.35. The van der Waals surface area contributed by atoms with Crippen molar-refractivity contribution in [3.63, 3.8) is 0 Å². The summed E-state index contributed by atoms with van der Waals surface area (Å²) in [6.45, 7) is 3.44. The van der Waals surface area contributed by atoms with E-state index in [1.165, 1.54) is 30.4 Å². The number of amides is 4. The molecule has 1 aromatic carbocycles. The van der Waals surface area contributed by atoms with Crippen LogP contribution in [0.25, 0.3) is 11.8 Å². The number of carbonyl (C=O) groups is 3. The molecule has 1 saturated heterocycles. The zero-order valence-corrected chi connectivity index (χ0v) is 14.0. The summed E-state index contributed by atoms with van der Waals surface area (Å²) in [6, 6.07) is 8.43. The van der Waals surface area contributed by atoms with Crippen LogP contribution in [-0.2, 0) is 9.59 Å². The molecule has 1 fully saturated rings. The first-order valence-electron chi connectivity index (χ1n) is 7.84. The molecule has 2 heterocycles. The highest BCUT2D eigenvalue weighted by Crippen LogP contribution is 2.21. The molecule has 0 saturated carbocycles. The SMILES string of the molecule is C=CCN1C(=O)NC(=O)C(=Cc2cccn2-c2cccc([N+](=O)[O-])c2)C1=O. The van der Waals surface area contributed by atoms with Gasteiger partial charge in [0.1, 0.15) is 5.57 Å². The minimum absolute atomic E-state index is 0.0405. The van der Waals surface area contributed by atoms with Crippen LogP contribution < -0.4 is 5.32 Å². The number of hydrogen-bond donors (Lipinski definition) is 1. The number of aromatic nitrogens is 1. The van der Waals surface area contributed by atoms with Crippen molar-refractivity contribution in [1.82, 2.24) is 14.8 Å². The lowest BCUT2D eigenvalue weighted by Crippen LogP contribution is -2.54. The summed E-state index contributed by atoms with van der Waals surface area (Å²) in [4.78, 5) is 47.7. The van der Waals surface area contributed by atoms with Gasteiger partial charge in [-0.05, 0) is 24.3 Å². The summed E-state index contributed by atoms with van der Waals surface area (Å²) in [6.07, 6.45) is 4.35. The molecule has 4 amide bonds. The number of nitrogens with zero attached hydrogens (tertiary/aromatic N) is 3. The van der Waals surface area contributed by atoms with Crippen molar-refractivity contribution in [3.8, 4) is 5.69 Å². The molecule has 1 N–H and O–H groups in total. The van der Waals surface area contributed by atoms with Crippen molar-refractivity contribution in [2.24, 2.45) is 0 Å². The van der Waals surface area contributed by atoms with Gasteiger partial charge in [0.05, 0.1) is 10.6 Å². The van der Waals surface area contributed by atoms with Crippen molar-refractivity contribution >= 4 is 29.6 Å². The van der Waals surface area contributed by atoms with E-state index in [2.05, 4.69) is 11.9 Å². The number of nitrogens with one attached hydrogen (secondary N) is 1.